The monoisotopic (exact) mass is 378 g/mol. The fourth-order valence-corrected chi connectivity index (χ4v) is 4.03. The van der Waals surface area contributed by atoms with E-state index < -0.39 is 0 Å². The van der Waals surface area contributed by atoms with Gasteiger partial charge in [-0.1, -0.05) is 35.3 Å². The van der Waals surface area contributed by atoms with Gasteiger partial charge >= 0.3 is 0 Å². The molecule has 3 rings (SSSR count). The summed E-state index contributed by atoms with van der Waals surface area (Å²) in [6, 6.07) is 14.4. The first kappa shape index (κ1) is 17.3. The number of thioether (sulfide) groups is 1. The molecule has 2 aromatic carbocycles. The molecule has 0 N–H and O–H groups in total. The quantitative estimate of drug-likeness (QED) is 0.318. The maximum absolute atomic E-state index is 13.0. The molecule has 0 atom stereocenters. The lowest BCUT2D eigenvalue weighted by Gasteiger charge is -2.07. The van der Waals surface area contributed by atoms with Crippen LogP contribution in [-0.2, 0) is 0 Å². The topological polar surface area (TPSA) is 25.8 Å². The highest BCUT2D eigenvalue weighted by molar-refractivity contribution is 8.00. The highest BCUT2D eigenvalue weighted by Gasteiger charge is 2.08. The lowest BCUT2D eigenvalue weighted by Crippen LogP contribution is -1.91. The van der Waals surface area contributed by atoms with E-state index in [9.17, 15) is 8.78 Å². The first-order valence-electron chi connectivity index (χ1n) is 6.92. The van der Waals surface area contributed by atoms with Gasteiger partial charge in [0.25, 0.3) is 0 Å². The predicted molar refractivity (Wildman–Crippen MR) is 94.9 cm³/mol. The summed E-state index contributed by atoms with van der Waals surface area (Å²) in [5, 5.41) is 2.22. The van der Waals surface area contributed by atoms with E-state index in [-0.39, 0.29) is 11.6 Å². The van der Waals surface area contributed by atoms with Crippen LogP contribution in [0.3, 0.4) is 0 Å². The molecule has 0 fully saturated rings. The summed E-state index contributed by atoms with van der Waals surface area (Å²) in [6.45, 7) is 0. The molecule has 0 unspecified atom stereocenters. The van der Waals surface area contributed by atoms with Gasteiger partial charge < -0.3 is 0 Å². The Morgan fingerprint density at radius 3 is 1.50 bits per heavy atom. The Hall–Kier alpha value is -1.57. The summed E-state index contributed by atoms with van der Waals surface area (Å²) in [6.07, 6.45) is 1.91. The Balaban J connectivity index is 1.84. The van der Waals surface area contributed by atoms with E-state index in [4.69, 9.17) is 0 Å². The van der Waals surface area contributed by atoms with Crippen LogP contribution >= 0.6 is 35.3 Å². The van der Waals surface area contributed by atoms with Crippen molar-refractivity contribution in [3.63, 3.8) is 0 Å². The van der Waals surface area contributed by atoms with E-state index in [1.807, 2.05) is 12.3 Å². The van der Waals surface area contributed by atoms with Gasteiger partial charge in [0, 0.05) is 15.9 Å². The zero-order valence-corrected chi connectivity index (χ0v) is 15.0. The molecule has 3 aromatic rings. The highest BCUT2D eigenvalue weighted by atomic mass is 32.2. The predicted octanol–water partition coefficient (Wildman–Crippen LogP) is 5.78. The van der Waals surface area contributed by atoms with Crippen LogP contribution in [0.4, 0.5) is 8.78 Å². The van der Waals surface area contributed by atoms with Gasteiger partial charge in [0.2, 0.25) is 0 Å². The Bertz CT molecular complexity index is 758. The van der Waals surface area contributed by atoms with Gasteiger partial charge in [-0.2, -0.15) is 0 Å². The minimum absolute atomic E-state index is 0.264. The van der Waals surface area contributed by atoms with Crippen LogP contribution in [0.25, 0.3) is 0 Å². The van der Waals surface area contributed by atoms with Crippen molar-refractivity contribution in [2.45, 2.75) is 25.0 Å². The standard InChI is InChI=1S/C17H12F2N2S3/c1-22-17-20-15(23-13-6-2-11(18)3-7-13)10-16(21-17)24-14-8-4-12(19)5-9-14/h2-10H,1H3. The number of benzene rings is 2. The smallest absolute Gasteiger partial charge is 0.189 e. The van der Waals surface area contributed by atoms with Crippen molar-refractivity contribution in [1.29, 1.82) is 0 Å². The van der Waals surface area contributed by atoms with E-state index in [0.29, 0.717) is 5.16 Å². The summed E-state index contributed by atoms with van der Waals surface area (Å²) in [4.78, 5) is 10.8. The van der Waals surface area contributed by atoms with Crippen molar-refractivity contribution in [2.75, 3.05) is 6.26 Å². The van der Waals surface area contributed by atoms with Crippen molar-refractivity contribution < 1.29 is 8.78 Å². The van der Waals surface area contributed by atoms with Crippen LogP contribution in [0.15, 0.2) is 79.6 Å². The summed E-state index contributed by atoms with van der Waals surface area (Å²) in [5.41, 5.74) is 0. The number of nitrogens with zero attached hydrogens (tertiary/aromatic N) is 2. The second-order valence-corrected chi connectivity index (χ2v) is 7.60. The lowest BCUT2D eigenvalue weighted by molar-refractivity contribution is 0.626. The fraction of sp³-hybridized carbons (Fsp3) is 0.0588. The molecular formula is C17H12F2N2S3. The molecule has 7 heteroatoms. The second-order valence-electron chi connectivity index (χ2n) is 4.64. The average molecular weight is 378 g/mol. The first-order chi connectivity index (χ1) is 11.6. The summed E-state index contributed by atoms with van der Waals surface area (Å²) < 4.78 is 26.0. The molecule has 122 valence electrons. The normalized spacial score (nSPS) is 10.8. The summed E-state index contributed by atoms with van der Waals surface area (Å²) >= 11 is 4.35. The molecule has 1 aromatic heterocycles. The van der Waals surface area contributed by atoms with Crippen molar-refractivity contribution >= 4 is 35.3 Å². The highest BCUT2D eigenvalue weighted by Crippen LogP contribution is 2.33. The molecule has 0 radical (unpaired) electrons. The molecule has 0 saturated carbocycles. The van der Waals surface area contributed by atoms with Crippen LogP contribution in [0.2, 0.25) is 0 Å². The minimum atomic E-state index is -0.264. The van der Waals surface area contributed by atoms with E-state index in [2.05, 4.69) is 9.97 Å². The fourth-order valence-electron chi connectivity index (χ4n) is 1.83. The van der Waals surface area contributed by atoms with Crippen molar-refractivity contribution in [2.24, 2.45) is 0 Å². The Labute approximate surface area is 151 Å². The van der Waals surface area contributed by atoms with E-state index in [0.717, 1.165) is 19.8 Å². The van der Waals surface area contributed by atoms with Crippen LogP contribution in [0, 0.1) is 11.6 Å². The molecule has 0 bridgehead atoms. The zero-order valence-electron chi connectivity index (χ0n) is 12.6. The number of aromatic nitrogens is 2. The third-order valence-corrected chi connectivity index (χ3v) is 5.31. The third-order valence-electron chi connectivity index (χ3n) is 2.91. The van der Waals surface area contributed by atoms with Crippen LogP contribution in [0.5, 0.6) is 0 Å². The minimum Gasteiger partial charge on any atom is -0.216 e. The van der Waals surface area contributed by atoms with Gasteiger partial charge in [-0.15, -0.1) is 0 Å². The number of rotatable bonds is 5. The maximum Gasteiger partial charge on any atom is 0.189 e. The van der Waals surface area contributed by atoms with E-state index in [1.165, 1.54) is 59.6 Å². The Morgan fingerprint density at radius 2 is 1.12 bits per heavy atom. The van der Waals surface area contributed by atoms with Gasteiger partial charge in [-0.3, -0.25) is 0 Å². The molecule has 1 heterocycles. The Kier molecular flexibility index (Phi) is 5.76. The number of halogens is 2. The van der Waals surface area contributed by atoms with Gasteiger partial charge in [-0.05, 0) is 54.8 Å². The maximum atomic E-state index is 13.0. The Morgan fingerprint density at radius 1 is 0.708 bits per heavy atom. The molecule has 2 nitrogen and oxygen atoms in total. The van der Waals surface area contributed by atoms with Gasteiger partial charge in [0.1, 0.15) is 21.7 Å². The van der Waals surface area contributed by atoms with Gasteiger partial charge in [0.05, 0.1) is 0 Å². The van der Waals surface area contributed by atoms with Gasteiger partial charge in [-0.25, -0.2) is 18.7 Å². The molecular weight excluding hydrogens is 366 g/mol. The van der Waals surface area contributed by atoms with Crippen LogP contribution < -0.4 is 0 Å². The molecule has 0 amide bonds. The molecule has 0 saturated heterocycles. The summed E-state index contributed by atoms with van der Waals surface area (Å²) in [5.74, 6) is -0.529. The zero-order chi connectivity index (χ0) is 16.9. The summed E-state index contributed by atoms with van der Waals surface area (Å²) in [7, 11) is 0. The number of hydrogen-bond acceptors (Lipinski definition) is 5. The van der Waals surface area contributed by atoms with Gasteiger partial charge in [0.15, 0.2) is 5.16 Å². The van der Waals surface area contributed by atoms with Crippen molar-refractivity contribution in [3.8, 4) is 0 Å². The molecule has 0 aliphatic heterocycles. The molecule has 0 spiro atoms. The lowest BCUT2D eigenvalue weighted by atomic mass is 10.4. The van der Waals surface area contributed by atoms with Crippen molar-refractivity contribution in [1.82, 2.24) is 9.97 Å². The molecule has 0 aliphatic rings. The van der Waals surface area contributed by atoms with E-state index >= 15 is 0 Å². The van der Waals surface area contributed by atoms with Crippen LogP contribution in [0.1, 0.15) is 0 Å². The largest absolute Gasteiger partial charge is 0.216 e. The van der Waals surface area contributed by atoms with Crippen molar-refractivity contribution in [3.05, 3.63) is 66.2 Å². The molecule has 24 heavy (non-hydrogen) atoms. The number of hydrogen-bond donors (Lipinski definition) is 0. The van der Waals surface area contributed by atoms with E-state index in [1.54, 1.807) is 24.3 Å². The SMILES string of the molecule is CSc1nc(Sc2ccc(F)cc2)cc(Sc2ccc(F)cc2)n1. The third kappa shape index (κ3) is 4.72. The average Bonchev–Trinajstić information content (AvgIpc) is 2.59. The second kappa shape index (κ2) is 8.00. The van der Waals surface area contributed by atoms with Crippen LogP contribution in [-0.4, -0.2) is 16.2 Å². The molecule has 0 aliphatic carbocycles. The first-order valence-corrected chi connectivity index (χ1v) is 9.78.